The summed E-state index contributed by atoms with van der Waals surface area (Å²) in [7, 11) is 3.19. The van der Waals surface area contributed by atoms with Crippen LogP contribution >= 0.6 is 11.3 Å². The van der Waals surface area contributed by atoms with Crippen LogP contribution < -0.4 is 9.75 Å². The molecule has 0 aliphatic heterocycles. The predicted molar refractivity (Wildman–Crippen MR) is 99.6 cm³/mol. The highest BCUT2D eigenvalue weighted by Gasteiger charge is 2.18. The van der Waals surface area contributed by atoms with Crippen molar-refractivity contribution < 1.29 is 23.9 Å². The largest absolute Gasteiger partial charge is 0.497 e. The second-order valence-electron chi connectivity index (χ2n) is 6.41. The summed E-state index contributed by atoms with van der Waals surface area (Å²) in [6.07, 6.45) is 4.08. The van der Waals surface area contributed by atoms with Crippen LogP contribution in [0.25, 0.3) is 12.2 Å². The minimum Gasteiger partial charge on any atom is -0.497 e. The SMILES string of the molecule is COC1=C(OC)CC=c2cc(C(F)CCCC(=O)N(O)C(C)C)sc2=C1. The molecule has 0 radical (unpaired) electrons. The van der Waals surface area contributed by atoms with Crippen LogP contribution in [0, 0.1) is 0 Å². The van der Waals surface area contributed by atoms with Crippen LogP contribution in [0.4, 0.5) is 4.39 Å². The van der Waals surface area contributed by atoms with E-state index in [1.54, 1.807) is 28.1 Å². The quantitative estimate of drug-likeness (QED) is 0.554. The van der Waals surface area contributed by atoms with Gasteiger partial charge in [0.05, 0.1) is 20.3 Å². The van der Waals surface area contributed by atoms with E-state index in [0.717, 1.165) is 15.5 Å². The Bertz CT molecular complexity index is 784. The number of nitrogens with zero attached hydrogens (tertiary/aromatic N) is 1. The number of halogens is 1. The van der Waals surface area contributed by atoms with Gasteiger partial charge in [0, 0.05) is 28.3 Å². The first-order valence-electron chi connectivity index (χ1n) is 8.65. The van der Waals surface area contributed by atoms with Crippen LogP contribution in [0.1, 0.15) is 50.6 Å². The van der Waals surface area contributed by atoms with Crippen molar-refractivity contribution in [1.82, 2.24) is 5.06 Å². The standard InChI is InChI=1S/C19H26FNO4S/c1-12(2)21(23)19(22)7-5-6-14(20)18-10-13-8-9-15(24-3)16(25-4)11-17(13)26-18/h8,10-12,14,23H,5-7,9H2,1-4H3. The lowest BCUT2D eigenvalue weighted by atomic mass is 10.1. The van der Waals surface area contributed by atoms with E-state index in [4.69, 9.17) is 9.47 Å². The minimum atomic E-state index is -1.13. The molecule has 144 valence electrons. The second kappa shape index (κ2) is 9.19. The van der Waals surface area contributed by atoms with E-state index in [1.165, 1.54) is 11.3 Å². The highest BCUT2D eigenvalue weighted by Crippen LogP contribution is 2.25. The molecule has 2 rings (SSSR count). The molecule has 26 heavy (non-hydrogen) atoms. The second-order valence-corrected chi connectivity index (χ2v) is 7.52. The van der Waals surface area contributed by atoms with E-state index in [9.17, 15) is 14.4 Å². The first-order chi connectivity index (χ1) is 12.4. The molecule has 0 bridgehead atoms. The van der Waals surface area contributed by atoms with Gasteiger partial charge in [-0.15, -0.1) is 11.3 Å². The Kier molecular flexibility index (Phi) is 7.23. The third-order valence-corrected chi connectivity index (χ3v) is 5.41. The van der Waals surface area contributed by atoms with Crippen LogP contribution in [0.5, 0.6) is 0 Å². The van der Waals surface area contributed by atoms with Crippen LogP contribution in [-0.4, -0.2) is 36.4 Å². The van der Waals surface area contributed by atoms with E-state index in [-0.39, 0.29) is 24.8 Å². The predicted octanol–water partition coefficient (Wildman–Crippen LogP) is 3.02. The summed E-state index contributed by atoms with van der Waals surface area (Å²) >= 11 is 1.38. The molecule has 1 aromatic heterocycles. The van der Waals surface area contributed by atoms with Gasteiger partial charge in [0.25, 0.3) is 0 Å². The molecule has 1 aromatic rings. The number of hydroxylamine groups is 2. The Morgan fingerprint density at radius 3 is 2.73 bits per heavy atom. The zero-order valence-corrected chi connectivity index (χ0v) is 16.4. The van der Waals surface area contributed by atoms with Gasteiger partial charge in [-0.1, -0.05) is 6.08 Å². The Morgan fingerprint density at radius 1 is 1.38 bits per heavy atom. The smallest absolute Gasteiger partial charge is 0.246 e. The molecular formula is C19H26FNO4S. The normalized spacial score (nSPS) is 14.9. The van der Waals surface area contributed by atoms with Gasteiger partial charge < -0.3 is 9.47 Å². The fourth-order valence-corrected chi connectivity index (χ4v) is 3.81. The molecule has 0 fully saturated rings. The first-order valence-corrected chi connectivity index (χ1v) is 9.46. The topological polar surface area (TPSA) is 59.0 Å². The number of hydrogen-bond donors (Lipinski definition) is 1. The van der Waals surface area contributed by atoms with Gasteiger partial charge in [-0.2, -0.15) is 0 Å². The van der Waals surface area contributed by atoms with Crippen molar-refractivity contribution in [2.45, 2.75) is 51.7 Å². The number of fused-ring (bicyclic) bond motifs is 1. The fourth-order valence-electron chi connectivity index (χ4n) is 2.70. The molecule has 1 aliphatic carbocycles. The lowest BCUT2D eigenvalue weighted by molar-refractivity contribution is -0.172. The molecule has 0 spiro atoms. The van der Waals surface area contributed by atoms with E-state index in [1.807, 2.05) is 18.2 Å². The summed E-state index contributed by atoms with van der Waals surface area (Å²) in [5, 5.41) is 11.2. The van der Waals surface area contributed by atoms with Gasteiger partial charge >= 0.3 is 0 Å². The zero-order valence-electron chi connectivity index (χ0n) is 15.6. The number of ether oxygens (including phenoxy) is 2. The molecule has 0 aromatic carbocycles. The molecule has 1 heterocycles. The van der Waals surface area contributed by atoms with Crippen molar-refractivity contribution in [2.24, 2.45) is 0 Å². The van der Waals surface area contributed by atoms with Crippen LogP contribution in [0.3, 0.4) is 0 Å². The third kappa shape index (κ3) is 4.86. The number of hydrogen-bond acceptors (Lipinski definition) is 5. The number of carbonyl (C=O) groups excluding carboxylic acids is 1. The number of allylic oxidation sites excluding steroid dienone is 2. The summed E-state index contributed by atoms with van der Waals surface area (Å²) in [4.78, 5) is 12.4. The lowest BCUT2D eigenvalue weighted by Crippen LogP contribution is -2.33. The minimum absolute atomic E-state index is 0.131. The monoisotopic (exact) mass is 383 g/mol. The molecule has 0 saturated heterocycles. The van der Waals surface area contributed by atoms with E-state index < -0.39 is 6.17 Å². The summed E-state index contributed by atoms with van der Waals surface area (Å²) in [6, 6.07) is 1.57. The molecule has 1 aliphatic rings. The third-order valence-electron chi connectivity index (χ3n) is 4.22. The number of alkyl halides is 1. The maximum absolute atomic E-state index is 14.6. The number of carbonyl (C=O) groups is 1. The highest BCUT2D eigenvalue weighted by molar-refractivity contribution is 7.09. The van der Waals surface area contributed by atoms with Gasteiger partial charge in [0.15, 0.2) is 5.76 Å². The fraction of sp³-hybridized carbons (Fsp3) is 0.526. The molecule has 5 nitrogen and oxygen atoms in total. The summed E-state index contributed by atoms with van der Waals surface area (Å²) < 4.78 is 26.2. The average Bonchev–Trinajstić information content (AvgIpc) is 2.95. The lowest BCUT2D eigenvalue weighted by Gasteiger charge is -2.18. The average molecular weight is 383 g/mol. The first kappa shape index (κ1) is 20.5. The number of methoxy groups -OCH3 is 2. The molecule has 0 saturated carbocycles. The number of thiophene rings is 1. The maximum atomic E-state index is 14.6. The molecule has 1 N–H and O–H groups in total. The summed E-state index contributed by atoms with van der Waals surface area (Å²) in [6.45, 7) is 3.44. The Morgan fingerprint density at radius 2 is 2.12 bits per heavy atom. The maximum Gasteiger partial charge on any atom is 0.246 e. The Hall–Kier alpha value is -1.86. The zero-order chi connectivity index (χ0) is 19.3. The van der Waals surface area contributed by atoms with Crippen LogP contribution in [0.2, 0.25) is 0 Å². The molecule has 7 heteroatoms. The van der Waals surface area contributed by atoms with E-state index in [2.05, 4.69) is 0 Å². The van der Waals surface area contributed by atoms with Crippen LogP contribution in [0.15, 0.2) is 17.6 Å². The molecule has 1 amide bonds. The Labute approximate surface area is 157 Å². The van der Waals surface area contributed by atoms with Gasteiger partial charge in [0.1, 0.15) is 11.9 Å². The summed E-state index contributed by atoms with van der Waals surface area (Å²) in [5.74, 6) is 1.01. The van der Waals surface area contributed by atoms with Crippen LogP contribution in [-0.2, 0) is 14.3 Å². The molecule has 1 unspecified atom stereocenters. The number of rotatable bonds is 8. The molecule has 1 atom stereocenters. The number of amides is 1. The summed E-state index contributed by atoms with van der Waals surface area (Å²) in [5.41, 5.74) is 0. The van der Waals surface area contributed by atoms with E-state index in [0.29, 0.717) is 28.5 Å². The van der Waals surface area contributed by atoms with Gasteiger partial charge in [-0.25, -0.2) is 9.45 Å². The van der Waals surface area contributed by atoms with Crippen molar-refractivity contribution in [3.05, 3.63) is 32.2 Å². The van der Waals surface area contributed by atoms with E-state index >= 15 is 0 Å². The highest BCUT2D eigenvalue weighted by atomic mass is 32.1. The van der Waals surface area contributed by atoms with Crippen molar-refractivity contribution in [3.63, 3.8) is 0 Å². The van der Waals surface area contributed by atoms with Gasteiger partial charge in [-0.05, 0) is 38.0 Å². The van der Waals surface area contributed by atoms with Crippen molar-refractivity contribution in [3.8, 4) is 0 Å². The van der Waals surface area contributed by atoms with Crippen molar-refractivity contribution in [1.29, 1.82) is 0 Å². The van der Waals surface area contributed by atoms with Crippen molar-refractivity contribution >= 4 is 29.4 Å². The van der Waals surface area contributed by atoms with Crippen molar-refractivity contribution in [2.75, 3.05) is 14.2 Å². The molecular weight excluding hydrogens is 357 g/mol. The van der Waals surface area contributed by atoms with Gasteiger partial charge in [0.2, 0.25) is 5.91 Å². The Balaban J connectivity index is 2.05. The van der Waals surface area contributed by atoms with Gasteiger partial charge in [-0.3, -0.25) is 10.0 Å².